The summed E-state index contributed by atoms with van der Waals surface area (Å²) in [4.78, 5) is 15.7. The molecule has 1 atom stereocenters. The standard InChI is InChI=1S/C18H18ClN5S.2ClH/c19-14-4-1-3-13(9-14)16-10-20-7-8-24(16)11-15-12-25-18(23-15)17-21-5-2-6-22-17;;/h1-6,9,12,16,20H,7-8,10-11H2;2*1H. The molecule has 27 heavy (non-hydrogen) atoms. The average molecular weight is 445 g/mol. The highest BCUT2D eigenvalue weighted by atomic mass is 35.5. The van der Waals surface area contributed by atoms with Gasteiger partial charge in [0.25, 0.3) is 0 Å². The maximum atomic E-state index is 6.18. The Hall–Kier alpha value is -1.28. The van der Waals surface area contributed by atoms with E-state index in [1.54, 1.807) is 23.7 Å². The second kappa shape index (κ2) is 10.3. The fourth-order valence-electron chi connectivity index (χ4n) is 3.08. The molecule has 0 amide bonds. The van der Waals surface area contributed by atoms with E-state index in [2.05, 4.69) is 37.7 Å². The van der Waals surface area contributed by atoms with Crippen molar-refractivity contribution in [1.29, 1.82) is 0 Å². The minimum Gasteiger partial charge on any atom is -0.314 e. The summed E-state index contributed by atoms with van der Waals surface area (Å²) in [6.45, 7) is 3.68. The van der Waals surface area contributed by atoms with Crippen LogP contribution < -0.4 is 5.32 Å². The zero-order valence-corrected chi connectivity index (χ0v) is 17.6. The Morgan fingerprint density at radius 2 is 2.00 bits per heavy atom. The highest BCUT2D eigenvalue weighted by Gasteiger charge is 2.24. The Balaban J connectivity index is 0.00000131. The summed E-state index contributed by atoms with van der Waals surface area (Å²) >= 11 is 7.77. The van der Waals surface area contributed by atoms with Crippen LogP contribution in [0.25, 0.3) is 10.8 Å². The van der Waals surface area contributed by atoms with E-state index in [1.807, 2.05) is 18.2 Å². The number of piperazine rings is 1. The molecular weight excluding hydrogens is 425 g/mol. The number of thiazole rings is 1. The van der Waals surface area contributed by atoms with Crippen LogP contribution in [0.15, 0.2) is 48.1 Å². The molecule has 144 valence electrons. The molecule has 0 bridgehead atoms. The van der Waals surface area contributed by atoms with Crippen LogP contribution in [0, 0.1) is 0 Å². The van der Waals surface area contributed by atoms with Crippen molar-refractivity contribution in [3.8, 4) is 10.8 Å². The first-order valence-corrected chi connectivity index (χ1v) is 9.47. The predicted octanol–water partition coefficient (Wildman–Crippen LogP) is 4.24. The molecule has 1 N–H and O–H groups in total. The van der Waals surface area contributed by atoms with E-state index in [0.717, 1.165) is 41.9 Å². The lowest BCUT2D eigenvalue weighted by Crippen LogP contribution is -2.45. The Bertz CT molecular complexity index is 846. The summed E-state index contributed by atoms with van der Waals surface area (Å²) in [5.41, 5.74) is 2.29. The number of rotatable bonds is 4. The first kappa shape index (κ1) is 22.0. The van der Waals surface area contributed by atoms with Gasteiger partial charge in [0.1, 0.15) is 0 Å². The molecule has 1 aliphatic rings. The molecule has 1 saturated heterocycles. The number of hydrogen-bond acceptors (Lipinski definition) is 6. The fraction of sp³-hybridized carbons (Fsp3) is 0.278. The molecule has 5 nitrogen and oxygen atoms in total. The van der Waals surface area contributed by atoms with Gasteiger partial charge < -0.3 is 5.32 Å². The molecule has 0 radical (unpaired) electrons. The highest BCUT2D eigenvalue weighted by molar-refractivity contribution is 7.13. The van der Waals surface area contributed by atoms with Crippen molar-refractivity contribution in [2.45, 2.75) is 12.6 Å². The van der Waals surface area contributed by atoms with Gasteiger partial charge in [-0.25, -0.2) is 15.0 Å². The summed E-state index contributed by atoms with van der Waals surface area (Å²) < 4.78 is 0. The zero-order chi connectivity index (χ0) is 17.1. The quantitative estimate of drug-likeness (QED) is 0.652. The lowest BCUT2D eigenvalue weighted by molar-refractivity contribution is 0.152. The fourth-order valence-corrected chi connectivity index (χ4v) is 4.03. The van der Waals surface area contributed by atoms with Gasteiger partial charge in [-0.3, -0.25) is 4.90 Å². The molecule has 0 spiro atoms. The van der Waals surface area contributed by atoms with Gasteiger partial charge in [-0.15, -0.1) is 36.2 Å². The monoisotopic (exact) mass is 443 g/mol. The van der Waals surface area contributed by atoms with Crippen molar-refractivity contribution >= 4 is 47.8 Å². The van der Waals surface area contributed by atoms with E-state index < -0.39 is 0 Å². The van der Waals surface area contributed by atoms with E-state index >= 15 is 0 Å². The molecule has 0 aliphatic carbocycles. The molecule has 3 aromatic rings. The summed E-state index contributed by atoms with van der Waals surface area (Å²) in [5.74, 6) is 0.686. The third kappa shape index (κ3) is 5.38. The number of hydrogen-bond donors (Lipinski definition) is 1. The molecule has 3 heterocycles. The maximum Gasteiger partial charge on any atom is 0.188 e. The molecule has 1 unspecified atom stereocenters. The largest absolute Gasteiger partial charge is 0.314 e. The number of nitrogens with zero attached hydrogens (tertiary/aromatic N) is 4. The molecule has 0 saturated carbocycles. The molecule has 4 rings (SSSR count). The summed E-state index contributed by atoms with van der Waals surface area (Å²) in [5, 5.41) is 7.22. The second-order valence-corrected chi connectivity index (χ2v) is 7.26. The maximum absolute atomic E-state index is 6.18. The van der Waals surface area contributed by atoms with Gasteiger partial charge >= 0.3 is 0 Å². The zero-order valence-electron chi connectivity index (χ0n) is 14.4. The van der Waals surface area contributed by atoms with E-state index in [4.69, 9.17) is 16.6 Å². The van der Waals surface area contributed by atoms with Crippen molar-refractivity contribution in [1.82, 2.24) is 25.2 Å². The van der Waals surface area contributed by atoms with E-state index in [-0.39, 0.29) is 24.8 Å². The number of benzene rings is 1. The van der Waals surface area contributed by atoms with E-state index in [9.17, 15) is 0 Å². The van der Waals surface area contributed by atoms with Crippen molar-refractivity contribution < 1.29 is 0 Å². The second-order valence-electron chi connectivity index (χ2n) is 5.96. The summed E-state index contributed by atoms with van der Waals surface area (Å²) in [6.07, 6.45) is 3.49. The number of aromatic nitrogens is 3. The Labute approximate surface area is 180 Å². The van der Waals surface area contributed by atoms with Gasteiger partial charge in [-0.2, -0.15) is 0 Å². The van der Waals surface area contributed by atoms with Crippen molar-refractivity contribution in [2.75, 3.05) is 19.6 Å². The Kier molecular flexibility index (Phi) is 8.41. The Morgan fingerprint density at radius 1 is 1.19 bits per heavy atom. The lowest BCUT2D eigenvalue weighted by Gasteiger charge is -2.36. The van der Waals surface area contributed by atoms with Crippen LogP contribution in [0.1, 0.15) is 17.3 Å². The van der Waals surface area contributed by atoms with Crippen LogP contribution >= 0.6 is 47.8 Å². The van der Waals surface area contributed by atoms with Crippen LogP contribution in [0.5, 0.6) is 0 Å². The summed E-state index contributed by atoms with van der Waals surface area (Å²) in [6, 6.07) is 10.2. The van der Waals surface area contributed by atoms with Crippen LogP contribution in [0.2, 0.25) is 5.02 Å². The van der Waals surface area contributed by atoms with E-state index in [1.165, 1.54) is 5.56 Å². The van der Waals surface area contributed by atoms with Gasteiger partial charge in [-0.05, 0) is 23.8 Å². The van der Waals surface area contributed by atoms with Gasteiger partial charge in [0.2, 0.25) is 0 Å². The minimum atomic E-state index is 0. The van der Waals surface area contributed by atoms with Gasteiger partial charge in [0.05, 0.1) is 5.69 Å². The van der Waals surface area contributed by atoms with Gasteiger partial charge in [0.15, 0.2) is 10.8 Å². The normalized spacial score (nSPS) is 17.0. The summed E-state index contributed by atoms with van der Waals surface area (Å²) in [7, 11) is 0. The molecule has 1 aromatic carbocycles. The number of halogens is 3. The molecule has 9 heteroatoms. The third-order valence-corrected chi connectivity index (χ3v) is 5.38. The Morgan fingerprint density at radius 3 is 2.78 bits per heavy atom. The van der Waals surface area contributed by atoms with E-state index in [0.29, 0.717) is 11.9 Å². The van der Waals surface area contributed by atoms with Crippen LogP contribution in [0.3, 0.4) is 0 Å². The SMILES string of the molecule is Cl.Cl.Clc1cccc(C2CNCCN2Cc2csc(-c3ncccn3)n2)c1. The van der Waals surface area contributed by atoms with Crippen LogP contribution in [0.4, 0.5) is 0 Å². The van der Waals surface area contributed by atoms with Crippen molar-refractivity contribution in [3.63, 3.8) is 0 Å². The van der Waals surface area contributed by atoms with Crippen LogP contribution in [-0.4, -0.2) is 39.5 Å². The minimum absolute atomic E-state index is 0. The average Bonchev–Trinajstić information content (AvgIpc) is 3.11. The smallest absolute Gasteiger partial charge is 0.188 e. The van der Waals surface area contributed by atoms with Gasteiger partial charge in [0, 0.05) is 55.0 Å². The molecule has 1 aliphatic heterocycles. The third-order valence-electron chi connectivity index (χ3n) is 4.26. The topological polar surface area (TPSA) is 53.9 Å². The first-order chi connectivity index (χ1) is 12.3. The number of nitrogens with one attached hydrogen (secondary N) is 1. The van der Waals surface area contributed by atoms with Crippen LogP contribution in [-0.2, 0) is 6.54 Å². The molecule has 2 aromatic heterocycles. The van der Waals surface area contributed by atoms with Gasteiger partial charge in [-0.1, -0.05) is 23.7 Å². The van der Waals surface area contributed by atoms with Crippen molar-refractivity contribution in [3.05, 3.63) is 64.4 Å². The molecular formula is C18H20Cl3N5S. The first-order valence-electron chi connectivity index (χ1n) is 8.21. The lowest BCUT2D eigenvalue weighted by atomic mass is 10.0. The predicted molar refractivity (Wildman–Crippen MR) is 115 cm³/mol. The highest BCUT2D eigenvalue weighted by Crippen LogP contribution is 2.27. The molecule has 1 fully saturated rings. The van der Waals surface area contributed by atoms with Crippen molar-refractivity contribution in [2.24, 2.45) is 0 Å².